The monoisotopic (exact) mass is 425 g/mol. The van der Waals surface area contributed by atoms with E-state index in [0.29, 0.717) is 44.6 Å². The van der Waals surface area contributed by atoms with E-state index in [-0.39, 0.29) is 11.2 Å². The minimum Gasteiger partial charge on any atom is -0.487 e. The SMILES string of the molecule is O=c1cc(CN2CCOCC2)occ1OCCCCCOc1ncnc2ccccc12. The first-order valence-electron chi connectivity index (χ1n) is 10.7. The van der Waals surface area contributed by atoms with Crippen LogP contribution in [0.2, 0.25) is 0 Å². The fourth-order valence-electron chi connectivity index (χ4n) is 3.43. The third kappa shape index (κ3) is 6.02. The number of morpholine rings is 1. The maximum atomic E-state index is 12.3. The number of ether oxygens (including phenoxy) is 3. The molecule has 3 aromatic rings. The predicted octanol–water partition coefficient (Wildman–Crippen LogP) is 3.04. The van der Waals surface area contributed by atoms with Crippen molar-refractivity contribution < 1.29 is 18.6 Å². The molecule has 1 aliphatic rings. The second-order valence-electron chi connectivity index (χ2n) is 7.42. The molecule has 0 saturated carbocycles. The molecule has 0 spiro atoms. The molecule has 0 aliphatic carbocycles. The van der Waals surface area contributed by atoms with Crippen LogP contribution >= 0.6 is 0 Å². The molecule has 8 heteroatoms. The zero-order chi connectivity index (χ0) is 21.3. The number of benzene rings is 1. The first-order chi connectivity index (χ1) is 15.3. The molecule has 0 N–H and O–H groups in total. The van der Waals surface area contributed by atoms with Crippen molar-refractivity contribution in [2.75, 3.05) is 39.5 Å². The van der Waals surface area contributed by atoms with Gasteiger partial charge in [0.25, 0.3) is 0 Å². The largest absolute Gasteiger partial charge is 0.487 e. The summed E-state index contributed by atoms with van der Waals surface area (Å²) < 4.78 is 22.3. The van der Waals surface area contributed by atoms with Gasteiger partial charge in [-0.05, 0) is 31.4 Å². The summed E-state index contributed by atoms with van der Waals surface area (Å²) in [5, 5.41) is 0.914. The van der Waals surface area contributed by atoms with Crippen LogP contribution in [0, 0.1) is 0 Å². The van der Waals surface area contributed by atoms with Gasteiger partial charge in [-0.3, -0.25) is 9.69 Å². The van der Waals surface area contributed by atoms with E-state index in [1.807, 2.05) is 24.3 Å². The topological polar surface area (TPSA) is 86.9 Å². The molecule has 1 fully saturated rings. The summed E-state index contributed by atoms with van der Waals surface area (Å²) in [4.78, 5) is 22.9. The zero-order valence-electron chi connectivity index (χ0n) is 17.5. The highest BCUT2D eigenvalue weighted by Gasteiger charge is 2.13. The fourth-order valence-corrected chi connectivity index (χ4v) is 3.43. The maximum Gasteiger partial charge on any atom is 0.227 e. The summed E-state index contributed by atoms with van der Waals surface area (Å²) in [5.41, 5.74) is 0.726. The quantitative estimate of drug-likeness (QED) is 0.458. The van der Waals surface area contributed by atoms with Crippen molar-refractivity contribution in [1.82, 2.24) is 14.9 Å². The van der Waals surface area contributed by atoms with Crippen LogP contribution in [-0.2, 0) is 11.3 Å². The Bertz CT molecular complexity index is 1030. The lowest BCUT2D eigenvalue weighted by Gasteiger charge is -2.25. The van der Waals surface area contributed by atoms with Crippen molar-refractivity contribution in [2.24, 2.45) is 0 Å². The maximum absolute atomic E-state index is 12.3. The summed E-state index contributed by atoms with van der Waals surface area (Å²) >= 11 is 0. The third-order valence-corrected chi connectivity index (χ3v) is 5.13. The van der Waals surface area contributed by atoms with Gasteiger partial charge in [-0.2, -0.15) is 0 Å². The van der Waals surface area contributed by atoms with Gasteiger partial charge in [0.05, 0.1) is 43.9 Å². The van der Waals surface area contributed by atoms with Gasteiger partial charge in [-0.25, -0.2) is 9.97 Å². The summed E-state index contributed by atoms with van der Waals surface area (Å²) in [6, 6.07) is 9.30. The van der Waals surface area contributed by atoms with Crippen LogP contribution < -0.4 is 14.9 Å². The Kier molecular flexibility index (Phi) is 7.46. The van der Waals surface area contributed by atoms with Crippen LogP contribution in [-0.4, -0.2) is 54.4 Å². The van der Waals surface area contributed by atoms with Crippen molar-refractivity contribution in [3.8, 4) is 11.6 Å². The van der Waals surface area contributed by atoms with E-state index in [1.165, 1.54) is 18.7 Å². The Labute approximate surface area is 180 Å². The minimum absolute atomic E-state index is 0.145. The number of aromatic nitrogens is 2. The second kappa shape index (κ2) is 10.9. The lowest BCUT2D eigenvalue weighted by molar-refractivity contribution is 0.0310. The molecule has 2 aromatic heterocycles. The highest BCUT2D eigenvalue weighted by atomic mass is 16.5. The van der Waals surface area contributed by atoms with E-state index in [1.54, 1.807) is 0 Å². The molecule has 0 bridgehead atoms. The molecule has 0 atom stereocenters. The molecule has 8 nitrogen and oxygen atoms in total. The van der Waals surface area contributed by atoms with Gasteiger partial charge >= 0.3 is 0 Å². The van der Waals surface area contributed by atoms with E-state index >= 15 is 0 Å². The molecule has 164 valence electrons. The number of hydrogen-bond acceptors (Lipinski definition) is 8. The van der Waals surface area contributed by atoms with Gasteiger partial charge in [0.15, 0.2) is 0 Å². The Morgan fingerprint density at radius 1 is 1.00 bits per heavy atom. The Balaban J connectivity index is 1.15. The molecule has 0 radical (unpaired) electrons. The van der Waals surface area contributed by atoms with Gasteiger partial charge in [-0.1, -0.05) is 12.1 Å². The molecule has 4 rings (SSSR count). The van der Waals surface area contributed by atoms with Crippen LogP contribution in [0.1, 0.15) is 25.0 Å². The Morgan fingerprint density at radius 3 is 2.65 bits per heavy atom. The van der Waals surface area contributed by atoms with Crippen molar-refractivity contribution in [3.63, 3.8) is 0 Å². The number of unbranched alkanes of at least 4 members (excludes halogenated alkanes) is 2. The Hall–Kier alpha value is -2.97. The normalized spacial score (nSPS) is 14.6. The number of nitrogens with zero attached hydrogens (tertiary/aromatic N) is 3. The molecule has 31 heavy (non-hydrogen) atoms. The van der Waals surface area contributed by atoms with Crippen molar-refractivity contribution in [2.45, 2.75) is 25.8 Å². The average Bonchev–Trinajstić information content (AvgIpc) is 2.80. The molecular formula is C23H27N3O5. The lowest BCUT2D eigenvalue weighted by Crippen LogP contribution is -2.35. The van der Waals surface area contributed by atoms with E-state index in [9.17, 15) is 4.79 Å². The van der Waals surface area contributed by atoms with Gasteiger partial charge in [0.1, 0.15) is 18.4 Å². The standard InChI is InChI=1S/C23H27N3O5/c27-21-14-18(15-26-8-12-28-13-9-26)31-16-22(21)29-10-4-1-5-11-30-23-19-6-2-3-7-20(19)24-17-25-23/h2-3,6-7,14,16-17H,1,4-5,8-13,15H2. The van der Waals surface area contributed by atoms with Crippen LogP contribution in [0.4, 0.5) is 0 Å². The number of fused-ring (bicyclic) bond motifs is 1. The first-order valence-corrected chi connectivity index (χ1v) is 10.7. The van der Waals surface area contributed by atoms with Gasteiger partial charge < -0.3 is 18.6 Å². The van der Waals surface area contributed by atoms with Crippen molar-refractivity contribution in [1.29, 1.82) is 0 Å². The van der Waals surface area contributed by atoms with Gasteiger partial charge in [0.2, 0.25) is 17.1 Å². The molecule has 0 unspecified atom stereocenters. The lowest BCUT2D eigenvalue weighted by atomic mass is 10.2. The highest BCUT2D eigenvalue weighted by molar-refractivity contribution is 5.82. The Morgan fingerprint density at radius 2 is 1.81 bits per heavy atom. The van der Waals surface area contributed by atoms with Gasteiger partial charge in [0, 0.05) is 19.2 Å². The fraction of sp³-hybridized carbons (Fsp3) is 0.435. The van der Waals surface area contributed by atoms with Crippen LogP contribution in [0.3, 0.4) is 0 Å². The summed E-state index contributed by atoms with van der Waals surface area (Å²) in [6.07, 6.45) is 5.55. The molecule has 1 saturated heterocycles. The van der Waals surface area contributed by atoms with Crippen LogP contribution in [0.25, 0.3) is 10.9 Å². The molecule has 0 amide bonds. The molecule has 1 aromatic carbocycles. The average molecular weight is 425 g/mol. The molecule has 3 heterocycles. The van der Waals surface area contributed by atoms with Crippen molar-refractivity contribution in [3.05, 3.63) is 58.9 Å². The number of rotatable bonds is 10. The predicted molar refractivity (Wildman–Crippen MR) is 115 cm³/mol. The third-order valence-electron chi connectivity index (χ3n) is 5.13. The van der Waals surface area contributed by atoms with Crippen molar-refractivity contribution >= 4 is 10.9 Å². The second-order valence-corrected chi connectivity index (χ2v) is 7.42. The van der Waals surface area contributed by atoms with E-state index in [4.69, 9.17) is 18.6 Å². The molecular weight excluding hydrogens is 398 g/mol. The smallest absolute Gasteiger partial charge is 0.227 e. The van der Waals surface area contributed by atoms with Gasteiger partial charge in [-0.15, -0.1) is 0 Å². The van der Waals surface area contributed by atoms with E-state index in [0.717, 1.165) is 43.3 Å². The zero-order valence-corrected chi connectivity index (χ0v) is 17.5. The van der Waals surface area contributed by atoms with E-state index < -0.39 is 0 Å². The van der Waals surface area contributed by atoms with Crippen LogP contribution in [0.15, 0.2) is 52.1 Å². The minimum atomic E-state index is -0.145. The molecule has 1 aliphatic heterocycles. The highest BCUT2D eigenvalue weighted by Crippen LogP contribution is 2.20. The number of hydrogen-bond donors (Lipinski definition) is 0. The summed E-state index contributed by atoms with van der Waals surface area (Å²) in [6.45, 7) is 4.76. The van der Waals surface area contributed by atoms with E-state index in [2.05, 4.69) is 14.9 Å². The first kappa shape index (κ1) is 21.3. The van der Waals surface area contributed by atoms with Crippen LogP contribution in [0.5, 0.6) is 11.6 Å². The summed E-state index contributed by atoms with van der Waals surface area (Å²) in [7, 11) is 0. The summed E-state index contributed by atoms with van der Waals surface area (Å²) in [5.74, 6) is 1.51. The number of para-hydroxylation sites is 1.